The highest BCUT2D eigenvalue weighted by Gasteiger charge is 2.51. The first-order chi connectivity index (χ1) is 17.4. The van der Waals surface area contributed by atoms with Crippen LogP contribution in [0.2, 0.25) is 0 Å². The molecule has 2 amide bonds. The number of anilines is 1. The highest BCUT2D eigenvalue weighted by molar-refractivity contribution is 5.96. The van der Waals surface area contributed by atoms with Gasteiger partial charge in [-0.05, 0) is 61.8 Å². The molecule has 4 fully saturated rings. The van der Waals surface area contributed by atoms with Gasteiger partial charge in [0.1, 0.15) is 6.17 Å². The molecule has 0 spiro atoms. The normalized spacial score (nSPS) is 29.4. The summed E-state index contributed by atoms with van der Waals surface area (Å²) in [5, 5.41) is 18.2. The number of fused-ring (bicyclic) bond motifs is 1. The molecule has 3 aliphatic heterocycles. The maximum atomic E-state index is 13.4. The van der Waals surface area contributed by atoms with Gasteiger partial charge < -0.3 is 20.3 Å². The molecule has 4 aliphatic rings. The second-order valence-corrected chi connectivity index (χ2v) is 11.0. The summed E-state index contributed by atoms with van der Waals surface area (Å²) in [6, 6.07) is 8.43. The summed E-state index contributed by atoms with van der Waals surface area (Å²) in [6.07, 6.45) is 3.33. The zero-order valence-corrected chi connectivity index (χ0v) is 21.5. The summed E-state index contributed by atoms with van der Waals surface area (Å²) in [4.78, 5) is 28.3. The Labute approximate surface area is 213 Å². The Morgan fingerprint density at radius 3 is 2.81 bits per heavy atom. The van der Waals surface area contributed by atoms with Crippen LogP contribution in [-0.4, -0.2) is 72.3 Å². The molecule has 3 N–H and O–H groups in total. The molecule has 0 aromatic heterocycles. The Hall–Kier alpha value is -2.67. The molecule has 1 aliphatic carbocycles. The quantitative estimate of drug-likeness (QED) is 0.533. The number of nitriles is 1. The van der Waals surface area contributed by atoms with Crippen molar-refractivity contribution in [1.82, 2.24) is 20.7 Å². The standard InChI is InChI=1S/C27H38N6O3/c1-16(2)23-15-36-13-12-32(23)27(35)20-7-6-19(14-17(20)3)30-25-24-22(9-11-29-26(24)34)33(31-25)21(8-10-28)18-4-5-18/h6-7,14,16,18,21-25,30-31H,4-5,8-9,11-13,15H2,1-3H3,(H,29,34)/t21-,22?,23?,24?,25?/m0/s1. The molecule has 1 aromatic rings. The van der Waals surface area contributed by atoms with Crippen molar-refractivity contribution < 1.29 is 14.3 Å². The number of benzene rings is 1. The summed E-state index contributed by atoms with van der Waals surface area (Å²) in [7, 11) is 0. The first-order valence-electron chi connectivity index (χ1n) is 13.3. The Morgan fingerprint density at radius 1 is 1.31 bits per heavy atom. The average molecular weight is 495 g/mol. The van der Waals surface area contributed by atoms with Crippen molar-refractivity contribution in [1.29, 1.82) is 5.26 Å². The number of morpholine rings is 1. The molecule has 1 aromatic carbocycles. The number of amides is 2. The van der Waals surface area contributed by atoms with Crippen molar-refractivity contribution in [2.24, 2.45) is 17.8 Å². The van der Waals surface area contributed by atoms with Gasteiger partial charge in [-0.3, -0.25) is 9.59 Å². The van der Waals surface area contributed by atoms with Crippen molar-refractivity contribution in [3.8, 4) is 6.07 Å². The van der Waals surface area contributed by atoms with E-state index in [9.17, 15) is 14.9 Å². The van der Waals surface area contributed by atoms with E-state index in [0.717, 1.165) is 30.5 Å². The van der Waals surface area contributed by atoms with Gasteiger partial charge in [-0.15, -0.1) is 0 Å². The van der Waals surface area contributed by atoms with E-state index in [1.54, 1.807) is 0 Å². The van der Waals surface area contributed by atoms with E-state index in [2.05, 4.69) is 41.0 Å². The number of nitrogens with one attached hydrogen (secondary N) is 3. The fourth-order valence-electron chi connectivity index (χ4n) is 6.12. The lowest BCUT2D eigenvalue weighted by Gasteiger charge is -2.38. The molecule has 3 saturated heterocycles. The van der Waals surface area contributed by atoms with Gasteiger partial charge in [0.15, 0.2) is 0 Å². The van der Waals surface area contributed by atoms with Crippen LogP contribution < -0.4 is 16.1 Å². The Morgan fingerprint density at radius 2 is 2.11 bits per heavy atom. The molecule has 1 saturated carbocycles. The molecule has 9 nitrogen and oxygen atoms in total. The fourth-order valence-corrected chi connectivity index (χ4v) is 6.12. The molecule has 3 heterocycles. The van der Waals surface area contributed by atoms with Crippen LogP contribution in [0.4, 0.5) is 5.69 Å². The second-order valence-electron chi connectivity index (χ2n) is 11.0. The minimum Gasteiger partial charge on any atom is -0.377 e. The Balaban J connectivity index is 1.33. The van der Waals surface area contributed by atoms with Crippen molar-refractivity contribution in [2.45, 2.75) is 70.7 Å². The molecular formula is C27H38N6O3. The van der Waals surface area contributed by atoms with Gasteiger partial charge in [0.2, 0.25) is 5.91 Å². The van der Waals surface area contributed by atoms with Crippen LogP contribution >= 0.6 is 0 Å². The van der Waals surface area contributed by atoms with E-state index in [0.29, 0.717) is 50.1 Å². The molecular weight excluding hydrogens is 456 g/mol. The predicted octanol–water partition coefficient (Wildman–Crippen LogP) is 2.25. The molecule has 5 atom stereocenters. The van der Waals surface area contributed by atoms with Crippen molar-refractivity contribution in [2.75, 3.05) is 31.6 Å². The van der Waals surface area contributed by atoms with Gasteiger partial charge in [0.05, 0.1) is 37.7 Å². The number of hydrogen-bond acceptors (Lipinski definition) is 7. The van der Waals surface area contributed by atoms with Gasteiger partial charge >= 0.3 is 0 Å². The van der Waals surface area contributed by atoms with Crippen molar-refractivity contribution in [3.63, 3.8) is 0 Å². The van der Waals surface area contributed by atoms with Gasteiger partial charge in [-0.25, -0.2) is 10.4 Å². The van der Waals surface area contributed by atoms with Crippen LogP contribution in [0.5, 0.6) is 0 Å². The summed E-state index contributed by atoms with van der Waals surface area (Å²) >= 11 is 0. The van der Waals surface area contributed by atoms with Gasteiger partial charge in [-0.1, -0.05) is 13.8 Å². The molecule has 194 valence electrons. The lowest BCUT2D eigenvalue weighted by atomic mass is 9.90. The highest BCUT2D eigenvalue weighted by Crippen LogP contribution is 2.41. The summed E-state index contributed by atoms with van der Waals surface area (Å²) in [6.45, 7) is 8.60. The fraction of sp³-hybridized carbons (Fsp3) is 0.667. The number of ether oxygens (including phenoxy) is 1. The largest absolute Gasteiger partial charge is 0.377 e. The van der Waals surface area contributed by atoms with E-state index < -0.39 is 0 Å². The molecule has 4 unspecified atom stereocenters. The summed E-state index contributed by atoms with van der Waals surface area (Å²) in [5.41, 5.74) is 6.03. The molecule has 9 heteroatoms. The maximum absolute atomic E-state index is 13.4. The SMILES string of the molecule is Cc1cc(NC2NN([C@@H](CC#N)C3CC3)C3CCNC(=O)C23)ccc1C(=O)N1CCOCC1C(C)C. The monoisotopic (exact) mass is 494 g/mol. The third kappa shape index (κ3) is 4.82. The van der Waals surface area contributed by atoms with E-state index >= 15 is 0 Å². The van der Waals surface area contributed by atoms with Crippen molar-refractivity contribution >= 4 is 17.5 Å². The number of hydrazine groups is 1. The van der Waals surface area contributed by atoms with Crippen LogP contribution in [0.15, 0.2) is 18.2 Å². The van der Waals surface area contributed by atoms with Gasteiger partial charge in [0.25, 0.3) is 5.91 Å². The highest BCUT2D eigenvalue weighted by atomic mass is 16.5. The third-order valence-electron chi connectivity index (χ3n) is 8.26. The number of hydrogen-bond donors (Lipinski definition) is 3. The average Bonchev–Trinajstić information content (AvgIpc) is 3.64. The third-order valence-corrected chi connectivity index (χ3v) is 8.26. The topological polar surface area (TPSA) is 110 Å². The van der Waals surface area contributed by atoms with Crippen molar-refractivity contribution in [3.05, 3.63) is 29.3 Å². The second kappa shape index (κ2) is 10.4. The van der Waals surface area contributed by atoms with Crippen LogP contribution in [-0.2, 0) is 9.53 Å². The van der Waals surface area contributed by atoms with E-state index in [1.165, 1.54) is 0 Å². The number of nitrogens with zero attached hydrogens (tertiary/aromatic N) is 3. The van der Waals surface area contributed by atoms with E-state index in [-0.39, 0.29) is 42.0 Å². The number of rotatable bonds is 7. The lowest BCUT2D eigenvalue weighted by Crippen LogP contribution is -2.52. The number of carbonyl (C=O) groups is 2. The van der Waals surface area contributed by atoms with Gasteiger partial charge in [-0.2, -0.15) is 5.26 Å². The molecule has 0 bridgehead atoms. The number of piperidine rings is 1. The van der Waals surface area contributed by atoms with E-state index in [1.807, 2.05) is 30.0 Å². The Bertz CT molecular complexity index is 1030. The molecule has 36 heavy (non-hydrogen) atoms. The maximum Gasteiger partial charge on any atom is 0.254 e. The molecule has 0 radical (unpaired) electrons. The van der Waals surface area contributed by atoms with Crippen LogP contribution in [0, 0.1) is 36.0 Å². The zero-order chi connectivity index (χ0) is 25.4. The minimum absolute atomic E-state index is 0.0424. The number of aryl methyl sites for hydroxylation is 1. The van der Waals surface area contributed by atoms with E-state index in [4.69, 9.17) is 4.74 Å². The minimum atomic E-state index is -0.277. The van der Waals surface area contributed by atoms with Gasteiger partial charge in [0, 0.05) is 36.4 Å². The first-order valence-corrected chi connectivity index (χ1v) is 13.3. The summed E-state index contributed by atoms with van der Waals surface area (Å²) < 4.78 is 5.63. The van der Waals surface area contributed by atoms with Crippen LogP contribution in [0.3, 0.4) is 0 Å². The zero-order valence-electron chi connectivity index (χ0n) is 21.5. The smallest absolute Gasteiger partial charge is 0.254 e. The van der Waals surface area contributed by atoms with Crippen LogP contribution in [0.25, 0.3) is 0 Å². The summed E-state index contributed by atoms with van der Waals surface area (Å²) in [5.74, 6) is 0.675. The van der Waals surface area contributed by atoms with Crippen LogP contribution in [0.1, 0.15) is 55.5 Å². The Kier molecular flexibility index (Phi) is 7.20. The first kappa shape index (κ1) is 25.0. The molecule has 5 rings (SSSR count). The predicted molar refractivity (Wildman–Crippen MR) is 136 cm³/mol. The lowest BCUT2D eigenvalue weighted by molar-refractivity contribution is -0.128. The number of carbonyl (C=O) groups excluding carboxylic acids is 2.